The van der Waals surface area contributed by atoms with Crippen molar-refractivity contribution in [3.8, 4) is 0 Å². The summed E-state index contributed by atoms with van der Waals surface area (Å²) in [6.45, 7) is 3.44. The summed E-state index contributed by atoms with van der Waals surface area (Å²) in [6, 6.07) is 0. The van der Waals surface area contributed by atoms with E-state index in [4.69, 9.17) is 42.2 Å². The van der Waals surface area contributed by atoms with Crippen molar-refractivity contribution in [1.29, 1.82) is 0 Å². The van der Waals surface area contributed by atoms with Crippen LogP contribution in [0, 0.1) is 0 Å². The van der Waals surface area contributed by atoms with Crippen LogP contribution in [0.15, 0.2) is 0 Å². The van der Waals surface area contributed by atoms with Crippen LogP contribution in [0.1, 0.15) is 290 Å². The molecule has 554 valence electrons. The molecule has 0 radical (unpaired) electrons. The first-order valence-electron chi connectivity index (χ1n) is 36.8. The van der Waals surface area contributed by atoms with E-state index in [-0.39, 0.29) is 19.3 Å². The van der Waals surface area contributed by atoms with Gasteiger partial charge in [0.1, 0.15) is 98.7 Å². The Morgan fingerprint density at radius 1 is 0.372 bits per heavy atom. The SMILES string of the molecule is CCCCCCCCCCCCCCCCC(=O)OCC(COP(=O)(O)OC1C(OC2OC(CO)C(O)C(O)C2O)C(O)C(O)C(O)C1OC1OC(COC(=O)CCCCCCCCCCCCC)C(O)C(O)C1O)OC(=O)CCCCCCCCCCCCCCCC. The Labute approximate surface area is 561 Å². The molecule has 1 aliphatic carbocycles. The molecule has 11 N–H and O–H groups in total. The van der Waals surface area contributed by atoms with Gasteiger partial charge >= 0.3 is 25.7 Å². The lowest BCUT2D eigenvalue weighted by molar-refractivity contribution is -0.360. The maximum Gasteiger partial charge on any atom is 0.472 e. The smallest absolute Gasteiger partial charge is 0.463 e. The molecule has 2 heterocycles. The van der Waals surface area contributed by atoms with Crippen molar-refractivity contribution in [3.05, 3.63) is 0 Å². The van der Waals surface area contributed by atoms with Crippen LogP contribution in [0.4, 0.5) is 0 Å². The summed E-state index contributed by atoms with van der Waals surface area (Å²) in [4.78, 5) is 50.9. The fraction of sp³-hybridized carbons (Fsp3) is 0.957. The average Bonchev–Trinajstić information content (AvgIpc) is 0.764. The lowest BCUT2D eigenvalue weighted by atomic mass is 9.84. The molecule has 18 atom stereocenters. The van der Waals surface area contributed by atoms with E-state index >= 15 is 0 Å². The van der Waals surface area contributed by atoms with Crippen molar-refractivity contribution in [2.45, 2.75) is 395 Å². The van der Waals surface area contributed by atoms with Crippen molar-refractivity contribution in [2.24, 2.45) is 0 Å². The van der Waals surface area contributed by atoms with Gasteiger partial charge in [-0.2, -0.15) is 0 Å². The highest BCUT2D eigenvalue weighted by molar-refractivity contribution is 7.47. The molecule has 0 spiro atoms. The monoisotopic (exact) mass is 1370 g/mol. The van der Waals surface area contributed by atoms with Gasteiger partial charge in [0.15, 0.2) is 18.7 Å². The third-order valence-electron chi connectivity index (χ3n) is 18.4. The molecule has 3 aliphatic rings. The zero-order valence-electron chi connectivity index (χ0n) is 57.5. The number of rotatable bonds is 57. The van der Waals surface area contributed by atoms with E-state index in [1.807, 2.05) is 0 Å². The Hall–Kier alpha value is -2.04. The average molecular weight is 1370 g/mol. The normalized spacial score (nSPS) is 28.2. The summed E-state index contributed by atoms with van der Waals surface area (Å²) in [5.74, 6) is -1.98. The summed E-state index contributed by atoms with van der Waals surface area (Å²) >= 11 is 0. The second kappa shape index (κ2) is 52.0. The minimum absolute atomic E-state index is 0.0327. The number of aliphatic hydroxyl groups excluding tert-OH is 10. The fourth-order valence-corrected chi connectivity index (χ4v) is 13.3. The third-order valence-corrected chi connectivity index (χ3v) is 19.4. The third kappa shape index (κ3) is 35.3. The lowest BCUT2D eigenvalue weighted by Gasteiger charge is -2.49. The number of esters is 3. The van der Waals surface area contributed by atoms with Crippen LogP contribution < -0.4 is 0 Å². The van der Waals surface area contributed by atoms with Crippen LogP contribution in [0.5, 0.6) is 0 Å². The first kappa shape index (κ1) is 86.2. The molecule has 1 saturated carbocycles. The Morgan fingerprint density at radius 3 is 1.04 bits per heavy atom. The zero-order valence-corrected chi connectivity index (χ0v) is 58.4. The van der Waals surface area contributed by atoms with E-state index in [1.54, 1.807) is 0 Å². The summed E-state index contributed by atoms with van der Waals surface area (Å²) < 4.78 is 64.9. The molecule has 0 bridgehead atoms. The highest BCUT2D eigenvalue weighted by atomic mass is 31.2. The van der Waals surface area contributed by atoms with Gasteiger partial charge in [0, 0.05) is 19.3 Å². The largest absolute Gasteiger partial charge is 0.472 e. The van der Waals surface area contributed by atoms with Gasteiger partial charge in [0.05, 0.1) is 13.2 Å². The molecule has 24 nitrogen and oxygen atoms in total. The quantitative estimate of drug-likeness (QED) is 0.0117. The lowest BCUT2D eigenvalue weighted by Crippen LogP contribution is -2.69. The van der Waals surface area contributed by atoms with Gasteiger partial charge in [-0.25, -0.2) is 4.57 Å². The van der Waals surface area contributed by atoms with Crippen molar-refractivity contribution >= 4 is 25.7 Å². The first-order chi connectivity index (χ1) is 45.3. The van der Waals surface area contributed by atoms with E-state index in [0.29, 0.717) is 19.3 Å². The van der Waals surface area contributed by atoms with Gasteiger partial charge in [-0.3, -0.25) is 23.4 Å². The van der Waals surface area contributed by atoms with Crippen LogP contribution in [0.3, 0.4) is 0 Å². The molecule has 94 heavy (non-hydrogen) atoms. The molecular formula is C69H129O24P. The predicted molar refractivity (Wildman–Crippen MR) is 352 cm³/mol. The molecule has 18 unspecified atom stereocenters. The maximum absolute atomic E-state index is 14.3. The Morgan fingerprint density at radius 2 is 0.681 bits per heavy atom. The summed E-state index contributed by atoms with van der Waals surface area (Å²) in [7, 11) is -5.69. The second-order valence-corrected chi connectivity index (χ2v) is 28.1. The van der Waals surface area contributed by atoms with Gasteiger partial charge in [-0.05, 0) is 19.3 Å². The van der Waals surface area contributed by atoms with Crippen LogP contribution in [0.2, 0.25) is 0 Å². The molecule has 3 rings (SSSR count). The minimum atomic E-state index is -5.69. The van der Waals surface area contributed by atoms with Crippen molar-refractivity contribution in [2.75, 3.05) is 26.4 Å². The van der Waals surface area contributed by atoms with Crippen molar-refractivity contribution < 1.29 is 117 Å². The number of phosphoric acid groups is 1. The highest BCUT2D eigenvalue weighted by Gasteiger charge is 2.58. The molecule has 25 heteroatoms. The van der Waals surface area contributed by atoms with Crippen LogP contribution in [-0.4, -0.2) is 204 Å². The Bertz CT molecular complexity index is 1960. The number of carbonyl (C=O) groups excluding carboxylic acids is 3. The molecule has 3 fully saturated rings. The van der Waals surface area contributed by atoms with Gasteiger partial charge in [0.2, 0.25) is 0 Å². The predicted octanol–water partition coefficient (Wildman–Crippen LogP) is 9.40. The maximum atomic E-state index is 14.3. The number of ether oxygens (including phenoxy) is 7. The topological polar surface area (TPSA) is 374 Å². The van der Waals surface area contributed by atoms with E-state index in [0.717, 1.165) is 89.9 Å². The van der Waals surface area contributed by atoms with E-state index in [2.05, 4.69) is 20.8 Å². The van der Waals surface area contributed by atoms with Gasteiger partial charge in [-0.1, -0.05) is 252 Å². The highest BCUT2D eigenvalue weighted by Crippen LogP contribution is 2.49. The van der Waals surface area contributed by atoms with Crippen molar-refractivity contribution in [1.82, 2.24) is 0 Å². The molecule has 0 aromatic carbocycles. The number of aliphatic hydroxyl groups is 10. The number of carbonyl (C=O) groups is 3. The Kier molecular flexibility index (Phi) is 47.7. The number of hydrogen-bond acceptors (Lipinski definition) is 23. The number of hydrogen-bond donors (Lipinski definition) is 11. The molecule has 2 aliphatic heterocycles. The van der Waals surface area contributed by atoms with Crippen LogP contribution in [-0.2, 0) is 61.2 Å². The number of unbranched alkanes of at least 4 members (excludes halogenated alkanes) is 36. The Balaban J connectivity index is 1.75. The molecule has 0 aromatic heterocycles. The van der Waals surface area contributed by atoms with Gasteiger partial charge in [0.25, 0.3) is 0 Å². The van der Waals surface area contributed by atoms with E-state index in [9.17, 15) is 74.9 Å². The zero-order chi connectivity index (χ0) is 68.9. The molecular weight excluding hydrogens is 1240 g/mol. The van der Waals surface area contributed by atoms with E-state index in [1.165, 1.54) is 141 Å². The van der Waals surface area contributed by atoms with Gasteiger partial charge in [-0.15, -0.1) is 0 Å². The van der Waals surface area contributed by atoms with Crippen molar-refractivity contribution in [3.63, 3.8) is 0 Å². The second-order valence-electron chi connectivity index (χ2n) is 26.7. The summed E-state index contributed by atoms with van der Waals surface area (Å²) in [6.07, 6.45) is 7.57. The first-order valence-corrected chi connectivity index (χ1v) is 38.3. The summed E-state index contributed by atoms with van der Waals surface area (Å²) in [5.41, 5.74) is 0. The standard InChI is InChI=1S/C69H129O24P/c1-4-7-10-13-16-19-22-24-26-29-32-34-37-40-43-53(71)85-47-50(88-55(73)45-42-39-36-33-30-27-25-23-20-17-14-11-8-5-2)48-87-94(83,84)93-67-65(91-68-63(81)58(76)56(74)51(46-70)89-68)61(79)60(78)62(80)66(67)92-69-64(82)59(77)57(75)52(90-69)49-86-54(72)44-41-38-35-31-28-21-18-15-12-9-6-3/h50-52,56-70,74-82H,4-49H2,1-3H3,(H,83,84). The summed E-state index contributed by atoms with van der Waals surface area (Å²) in [5, 5.41) is 110. The molecule has 2 saturated heterocycles. The molecule has 0 amide bonds. The molecule has 0 aromatic rings. The van der Waals surface area contributed by atoms with Crippen LogP contribution >= 0.6 is 7.82 Å². The minimum Gasteiger partial charge on any atom is -0.463 e. The number of phosphoric ester groups is 1. The van der Waals surface area contributed by atoms with Gasteiger partial charge < -0.3 is 89.1 Å². The van der Waals surface area contributed by atoms with E-state index < -0.39 is 156 Å². The fourth-order valence-electron chi connectivity index (χ4n) is 12.3. The van der Waals surface area contributed by atoms with Crippen LogP contribution in [0.25, 0.3) is 0 Å².